The van der Waals surface area contributed by atoms with E-state index in [4.69, 9.17) is 0 Å². The van der Waals surface area contributed by atoms with Gasteiger partial charge in [-0.15, -0.1) is 0 Å². The Labute approximate surface area is 277 Å². The van der Waals surface area contributed by atoms with Crippen LogP contribution in [0.1, 0.15) is 34.1 Å². The van der Waals surface area contributed by atoms with Gasteiger partial charge in [0.1, 0.15) is 12.1 Å². The largest absolute Gasteiger partial charge is 0.416 e. The average molecular weight is 668 g/mol. The summed E-state index contributed by atoms with van der Waals surface area (Å²) in [6.07, 6.45) is 1.07. The number of hydrogen-bond donors (Lipinski definition) is 4. The molecule has 0 unspecified atom stereocenters. The maximum Gasteiger partial charge on any atom is 0.416 e. The molecule has 0 radical (unpaired) electrons. The first kappa shape index (κ1) is 32.4. The summed E-state index contributed by atoms with van der Waals surface area (Å²) in [4.78, 5) is 50.8. The fraction of sp³-hybridized carbons (Fsp3) is 0.118. The van der Waals surface area contributed by atoms with Gasteiger partial charge in [-0.1, -0.05) is 12.1 Å². The highest BCUT2D eigenvalue weighted by Crippen LogP contribution is 2.32. The van der Waals surface area contributed by atoms with E-state index in [9.17, 15) is 27.6 Å². The number of anilines is 5. The van der Waals surface area contributed by atoms with Crippen molar-refractivity contribution in [3.05, 3.63) is 114 Å². The highest BCUT2D eigenvalue weighted by molar-refractivity contribution is 6.06. The van der Waals surface area contributed by atoms with Gasteiger partial charge in [0.25, 0.3) is 5.91 Å². The van der Waals surface area contributed by atoms with Crippen LogP contribution in [0.3, 0.4) is 0 Å². The highest BCUT2D eigenvalue weighted by atomic mass is 19.4. The molecule has 0 spiro atoms. The number of aromatic nitrogens is 5. The molecule has 0 fully saturated rings. The third kappa shape index (κ3) is 7.25. The molecule has 3 amide bonds. The first-order valence-corrected chi connectivity index (χ1v) is 14.8. The molecule has 3 aromatic carbocycles. The molecule has 6 aromatic rings. The van der Waals surface area contributed by atoms with Crippen molar-refractivity contribution < 1.29 is 27.6 Å². The Kier molecular flexibility index (Phi) is 8.57. The van der Waals surface area contributed by atoms with Crippen LogP contribution in [0.25, 0.3) is 16.7 Å². The fourth-order valence-corrected chi connectivity index (χ4v) is 5.06. The maximum atomic E-state index is 13.7. The molecule has 3 heterocycles. The quantitative estimate of drug-likeness (QED) is 0.140. The topological polar surface area (TPSA) is 148 Å². The SMILES string of the molecule is CC(=O)Nc1cccc(Nc2ncnc3c2ccn3C(=O)Nc2cc(NC(=O)c3cc(-n4cnc(C)c4)cc(C(F)(F)F)c3)ccc2C)c1. The van der Waals surface area contributed by atoms with E-state index in [2.05, 4.69) is 36.2 Å². The van der Waals surface area contributed by atoms with Crippen molar-refractivity contribution in [2.45, 2.75) is 26.9 Å². The van der Waals surface area contributed by atoms with Gasteiger partial charge in [0.05, 0.1) is 23.0 Å². The number of nitrogens with zero attached hydrogens (tertiary/aromatic N) is 5. The van der Waals surface area contributed by atoms with Crippen molar-refractivity contribution >= 4 is 57.4 Å². The average Bonchev–Trinajstić information content (AvgIpc) is 3.69. The second-order valence-corrected chi connectivity index (χ2v) is 11.1. The van der Waals surface area contributed by atoms with Crippen LogP contribution in [0.15, 0.2) is 91.8 Å². The minimum absolute atomic E-state index is 0.122. The molecule has 0 aliphatic rings. The Bertz CT molecular complexity index is 2240. The van der Waals surface area contributed by atoms with Gasteiger partial charge in [0.15, 0.2) is 5.65 Å². The van der Waals surface area contributed by atoms with E-state index in [1.165, 1.54) is 47.0 Å². The zero-order valence-corrected chi connectivity index (χ0v) is 26.3. The number of halogens is 3. The Morgan fingerprint density at radius 2 is 1.59 bits per heavy atom. The van der Waals surface area contributed by atoms with Crippen molar-refractivity contribution in [3.8, 4) is 5.69 Å². The zero-order chi connectivity index (χ0) is 34.9. The summed E-state index contributed by atoms with van der Waals surface area (Å²) in [6.45, 7) is 4.86. The number of nitrogens with one attached hydrogen (secondary N) is 4. The van der Waals surface area contributed by atoms with Gasteiger partial charge < -0.3 is 25.8 Å². The van der Waals surface area contributed by atoms with E-state index < -0.39 is 23.7 Å². The number of benzene rings is 3. The Morgan fingerprint density at radius 1 is 0.816 bits per heavy atom. The number of alkyl halides is 3. The Balaban J connectivity index is 1.22. The lowest BCUT2D eigenvalue weighted by molar-refractivity contribution is -0.137. The molecule has 15 heteroatoms. The van der Waals surface area contributed by atoms with Crippen LogP contribution in [0.2, 0.25) is 0 Å². The Morgan fingerprint density at radius 3 is 2.33 bits per heavy atom. The monoisotopic (exact) mass is 667 g/mol. The molecule has 12 nitrogen and oxygen atoms in total. The number of carbonyl (C=O) groups excluding carboxylic acids is 3. The first-order valence-electron chi connectivity index (χ1n) is 14.8. The van der Waals surface area contributed by atoms with Gasteiger partial charge in [-0.3, -0.25) is 14.2 Å². The van der Waals surface area contributed by atoms with E-state index in [0.717, 1.165) is 12.1 Å². The summed E-state index contributed by atoms with van der Waals surface area (Å²) in [7, 11) is 0. The number of fused-ring (bicyclic) bond motifs is 1. The molecule has 0 saturated carbocycles. The van der Waals surface area contributed by atoms with Gasteiger partial charge in [-0.05, 0) is 74.0 Å². The van der Waals surface area contributed by atoms with Gasteiger partial charge in [0.2, 0.25) is 5.91 Å². The minimum Gasteiger partial charge on any atom is -0.340 e. The van der Waals surface area contributed by atoms with Crippen LogP contribution in [-0.2, 0) is 11.0 Å². The summed E-state index contributed by atoms with van der Waals surface area (Å²) >= 11 is 0. The third-order valence-corrected chi connectivity index (χ3v) is 7.40. The molecular weight excluding hydrogens is 639 g/mol. The number of rotatable bonds is 7. The normalized spacial score (nSPS) is 11.3. The van der Waals surface area contributed by atoms with Gasteiger partial charge in [-0.25, -0.2) is 19.7 Å². The van der Waals surface area contributed by atoms with Crippen molar-refractivity contribution in [2.75, 3.05) is 21.3 Å². The Hall–Kier alpha value is -6.51. The molecule has 0 atom stereocenters. The lowest BCUT2D eigenvalue weighted by Gasteiger charge is -2.14. The van der Waals surface area contributed by atoms with Gasteiger partial charge >= 0.3 is 12.2 Å². The predicted molar refractivity (Wildman–Crippen MR) is 178 cm³/mol. The molecule has 4 N–H and O–H groups in total. The molecule has 6 rings (SSSR count). The maximum absolute atomic E-state index is 13.7. The smallest absolute Gasteiger partial charge is 0.340 e. The predicted octanol–water partition coefficient (Wildman–Crippen LogP) is 7.29. The van der Waals surface area contributed by atoms with Crippen LogP contribution in [0.5, 0.6) is 0 Å². The summed E-state index contributed by atoms with van der Waals surface area (Å²) in [5, 5.41) is 11.9. The second kappa shape index (κ2) is 12.9. The molecule has 248 valence electrons. The van der Waals surface area contributed by atoms with E-state index in [1.54, 1.807) is 62.5 Å². The number of amides is 3. The molecule has 3 aromatic heterocycles. The van der Waals surface area contributed by atoms with E-state index in [1.807, 2.05) is 0 Å². The third-order valence-electron chi connectivity index (χ3n) is 7.40. The molecule has 0 saturated heterocycles. The number of hydrogen-bond acceptors (Lipinski definition) is 7. The van der Waals surface area contributed by atoms with Crippen LogP contribution in [0, 0.1) is 13.8 Å². The number of imidazole rings is 1. The fourth-order valence-electron chi connectivity index (χ4n) is 5.06. The van der Waals surface area contributed by atoms with Crippen LogP contribution in [0.4, 0.5) is 46.5 Å². The number of carbonyl (C=O) groups is 3. The minimum atomic E-state index is -4.69. The van der Waals surface area contributed by atoms with Crippen LogP contribution in [-0.4, -0.2) is 41.9 Å². The van der Waals surface area contributed by atoms with E-state index in [0.29, 0.717) is 45.2 Å². The van der Waals surface area contributed by atoms with Crippen molar-refractivity contribution in [3.63, 3.8) is 0 Å². The standard InChI is InChI=1S/C34H28F3N9O3/c1-19-7-8-26(43-32(48)22-11-23(34(35,36)37)13-27(12-22)45-16-20(2)40-18-45)15-29(19)44-33(49)46-10-9-28-30(38-17-39-31(28)46)42-25-6-4-5-24(14-25)41-21(3)47/h4-18H,1-3H3,(H,41,47)(H,43,48)(H,44,49)(H,38,39,42). The summed E-state index contributed by atoms with van der Waals surface area (Å²) in [6, 6.07) is 16.0. The van der Waals surface area contributed by atoms with E-state index in [-0.39, 0.29) is 22.8 Å². The van der Waals surface area contributed by atoms with Crippen molar-refractivity contribution in [2.24, 2.45) is 0 Å². The van der Waals surface area contributed by atoms with E-state index >= 15 is 0 Å². The second-order valence-electron chi connectivity index (χ2n) is 11.1. The van der Waals surface area contributed by atoms with Crippen molar-refractivity contribution in [1.29, 1.82) is 0 Å². The molecular formula is C34H28F3N9O3. The lowest BCUT2D eigenvalue weighted by atomic mass is 10.1. The molecule has 49 heavy (non-hydrogen) atoms. The van der Waals surface area contributed by atoms with Crippen LogP contribution >= 0.6 is 0 Å². The molecule has 0 aliphatic carbocycles. The number of aryl methyl sites for hydroxylation is 2. The van der Waals surface area contributed by atoms with Gasteiger partial charge in [0, 0.05) is 53.3 Å². The van der Waals surface area contributed by atoms with Crippen molar-refractivity contribution in [1.82, 2.24) is 24.1 Å². The first-order chi connectivity index (χ1) is 23.3. The lowest BCUT2D eigenvalue weighted by Crippen LogP contribution is -2.20. The van der Waals surface area contributed by atoms with Crippen LogP contribution < -0.4 is 21.3 Å². The highest BCUT2D eigenvalue weighted by Gasteiger charge is 2.32. The molecule has 0 bridgehead atoms. The summed E-state index contributed by atoms with van der Waals surface area (Å²) < 4.78 is 43.9. The summed E-state index contributed by atoms with van der Waals surface area (Å²) in [5.41, 5.74) is 2.33. The van der Waals surface area contributed by atoms with Gasteiger partial charge in [-0.2, -0.15) is 13.2 Å². The molecule has 0 aliphatic heterocycles. The zero-order valence-electron chi connectivity index (χ0n) is 26.3. The summed E-state index contributed by atoms with van der Waals surface area (Å²) in [5.74, 6) is -0.557.